The Labute approximate surface area is 225 Å². The Hall–Kier alpha value is -2.99. The first kappa shape index (κ1) is 31.2. The van der Waals surface area contributed by atoms with Crippen LogP contribution >= 0.6 is 11.6 Å². The highest BCUT2D eigenvalue weighted by Crippen LogP contribution is 2.37. The van der Waals surface area contributed by atoms with Crippen molar-refractivity contribution in [3.63, 3.8) is 0 Å². The summed E-state index contributed by atoms with van der Waals surface area (Å²) in [5.74, 6) is -0.695. The molecule has 0 bridgehead atoms. The van der Waals surface area contributed by atoms with Crippen molar-refractivity contribution in [2.24, 2.45) is 0 Å². The average molecular weight is 578 g/mol. The third-order valence-corrected chi connectivity index (χ3v) is 7.11. The fraction of sp³-hybridized carbons (Fsp3) is 0.440. The number of anilines is 1. The number of hydrogen-bond acceptors (Lipinski definition) is 5. The molecule has 0 aromatic heterocycles. The van der Waals surface area contributed by atoms with E-state index in [0.29, 0.717) is 34.7 Å². The van der Waals surface area contributed by atoms with E-state index >= 15 is 0 Å². The molecule has 1 atom stereocenters. The van der Waals surface area contributed by atoms with Gasteiger partial charge in [-0.25, -0.2) is 8.42 Å². The molecule has 2 aromatic rings. The van der Waals surface area contributed by atoms with Gasteiger partial charge in [0.15, 0.2) is 0 Å². The van der Waals surface area contributed by atoms with Gasteiger partial charge < -0.3 is 15.0 Å². The van der Waals surface area contributed by atoms with Crippen LogP contribution in [0.4, 0.5) is 18.9 Å². The van der Waals surface area contributed by atoms with Gasteiger partial charge in [0.2, 0.25) is 21.8 Å². The second-order valence-electron chi connectivity index (χ2n) is 8.52. The van der Waals surface area contributed by atoms with Gasteiger partial charge in [-0.15, -0.1) is 0 Å². The van der Waals surface area contributed by atoms with Crippen molar-refractivity contribution in [3.05, 3.63) is 58.6 Å². The maximum absolute atomic E-state index is 13.6. The highest BCUT2D eigenvalue weighted by Gasteiger charge is 2.36. The predicted octanol–water partition coefficient (Wildman–Crippen LogP) is 4.47. The number of halogens is 4. The van der Waals surface area contributed by atoms with Crippen LogP contribution in [0, 0.1) is 0 Å². The van der Waals surface area contributed by atoms with Crippen LogP contribution in [-0.4, -0.2) is 57.6 Å². The molecule has 0 aliphatic heterocycles. The summed E-state index contributed by atoms with van der Waals surface area (Å²) in [4.78, 5) is 27.8. The molecule has 2 rings (SSSR count). The summed E-state index contributed by atoms with van der Waals surface area (Å²) in [5, 5.41) is 2.13. The summed E-state index contributed by atoms with van der Waals surface area (Å²) in [5.41, 5.74) is -1.02. The van der Waals surface area contributed by atoms with Gasteiger partial charge in [-0.3, -0.25) is 13.9 Å². The van der Waals surface area contributed by atoms with E-state index in [9.17, 15) is 31.2 Å². The third kappa shape index (κ3) is 8.26. The summed E-state index contributed by atoms with van der Waals surface area (Å²) in [6.45, 7) is 3.03. The Morgan fingerprint density at radius 1 is 1.13 bits per heavy atom. The van der Waals surface area contributed by atoms with Crippen LogP contribution in [0.1, 0.15) is 37.8 Å². The second kappa shape index (κ2) is 13.2. The van der Waals surface area contributed by atoms with E-state index in [1.807, 2.05) is 6.92 Å². The molecule has 0 fully saturated rings. The van der Waals surface area contributed by atoms with Crippen molar-refractivity contribution >= 4 is 39.1 Å². The molecule has 38 heavy (non-hydrogen) atoms. The van der Waals surface area contributed by atoms with Crippen LogP contribution in [-0.2, 0) is 32.3 Å². The maximum Gasteiger partial charge on any atom is 0.417 e. The van der Waals surface area contributed by atoms with Gasteiger partial charge in [-0.05, 0) is 48.7 Å². The van der Waals surface area contributed by atoms with Crippen molar-refractivity contribution in [2.45, 2.75) is 45.5 Å². The molecule has 0 aliphatic rings. The zero-order chi connectivity index (χ0) is 28.7. The van der Waals surface area contributed by atoms with Crippen LogP contribution in [0.15, 0.2) is 42.5 Å². The summed E-state index contributed by atoms with van der Waals surface area (Å²) in [7, 11) is -2.74. The number of carbonyl (C=O) groups excluding carboxylic acids is 2. The molecule has 0 spiro atoms. The Morgan fingerprint density at radius 2 is 1.82 bits per heavy atom. The Balaban J connectivity index is 2.52. The molecule has 0 heterocycles. The van der Waals surface area contributed by atoms with Crippen LogP contribution in [0.5, 0.6) is 5.75 Å². The minimum absolute atomic E-state index is 0.0693. The number of carbonyl (C=O) groups is 2. The maximum atomic E-state index is 13.6. The van der Waals surface area contributed by atoms with Crippen molar-refractivity contribution in [3.8, 4) is 5.75 Å². The van der Waals surface area contributed by atoms with E-state index in [1.165, 1.54) is 12.0 Å². The number of sulfonamides is 1. The van der Waals surface area contributed by atoms with Gasteiger partial charge in [-0.1, -0.05) is 37.6 Å². The van der Waals surface area contributed by atoms with Crippen LogP contribution in [0.3, 0.4) is 0 Å². The smallest absolute Gasteiger partial charge is 0.417 e. The largest absolute Gasteiger partial charge is 0.497 e. The number of amides is 2. The third-order valence-electron chi connectivity index (χ3n) is 5.64. The van der Waals surface area contributed by atoms with Crippen LogP contribution in [0.25, 0.3) is 0 Å². The second-order valence-corrected chi connectivity index (χ2v) is 10.8. The normalized spacial score (nSPS) is 12.5. The summed E-state index contributed by atoms with van der Waals surface area (Å²) >= 11 is 5.69. The standard InChI is InChI=1S/C25H31ClF3N3O5S/c1-5-12-30-24(34)22(6-2)31(15-17-8-7-9-19(13-17)37-3)23(33)16-32(38(4,35)36)18-10-11-21(26)20(14-18)25(27,28)29/h7-11,13-14,22H,5-6,12,15-16H2,1-4H3,(H,30,34)/t22-/m0/s1. The van der Waals surface area contributed by atoms with Gasteiger partial charge in [0.25, 0.3) is 0 Å². The highest BCUT2D eigenvalue weighted by atomic mass is 35.5. The van der Waals surface area contributed by atoms with E-state index in [4.69, 9.17) is 16.3 Å². The van der Waals surface area contributed by atoms with Crippen molar-refractivity contribution < 1.29 is 35.9 Å². The van der Waals surface area contributed by atoms with E-state index in [-0.39, 0.29) is 18.7 Å². The molecule has 0 radical (unpaired) electrons. The summed E-state index contributed by atoms with van der Waals surface area (Å²) in [6, 6.07) is 8.40. The van der Waals surface area contributed by atoms with Crippen molar-refractivity contribution in [1.82, 2.24) is 10.2 Å². The first-order valence-corrected chi connectivity index (χ1v) is 14.0. The van der Waals surface area contributed by atoms with Crippen molar-refractivity contribution in [2.75, 3.05) is 30.8 Å². The molecule has 1 N–H and O–H groups in total. The van der Waals surface area contributed by atoms with Gasteiger partial charge in [-0.2, -0.15) is 13.2 Å². The molecule has 8 nitrogen and oxygen atoms in total. The monoisotopic (exact) mass is 577 g/mol. The molecule has 2 aromatic carbocycles. The molecule has 0 aliphatic carbocycles. The fourth-order valence-corrected chi connectivity index (χ4v) is 4.82. The van der Waals surface area contributed by atoms with E-state index in [0.717, 1.165) is 18.4 Å². The molecule has 0 saturated heterocycles. The molecular weight excluding hydrogens is 547 g/mol. The minimum atomic E-state index is -4.84. The van der Waals surface area contributed by atoms with E-state index in [2.05, 4.69) is 5.32 Å². The first-order chi connectivity index (χ1) is 17.7. The minimum Gasteiger partial charge on any atom is -0.497 e. The number of benzene rings is 2. The Bertz CT molecular complexity index is 1240. The summed E-state index contributed by atoms with van der Waals surface area (Å²) in [6.07, 6.45) is -3.20. The number of rotatable bonds is 12. The van der Waals surface area contributed by atoms with Crippen LogP contribution in [0.2, 0.25) is 5.02 Å². The quantitative estimate of drug-likeness (QED) is 0.402. The molecule has 210 valence electrons. The molecule has 2 amide bonds. The molecule has 13 heteroatoms. The molecular formula is C25H31ClF3N3O5S. The zero-order valence-electron chi connectivity index (χ0n) is 21.5. The van der Waals surface area contributed by atoms with Gasteiger partial charge >= 0.3 is 6.18 Å². The predicted molar refractivity (Wildman–Crippen MR) is 140 cm³/mol. The number of alkyl halides is 3. The highest BCUT2D eigenvalue weighted by molar-refractivity contribution is 7.92. The lowest BCUT2D eigenvalue weighted by Crippen LogP contribution is -2.52. The van der Waals surface area contributed by atoms with Gasteiger partial charge in [0.05, 0.1) is 29.6 Å². The number of ether oxygens (including phenoxy) is 1. The van der Waals surface area contributed by atoms with Gasteiger partial charge in [0.1, 0.15) is 18.3 Å². The van der Waals surface area contributed by atoms with E-state index in [1.54, 1.807) is 31.2 Å². The lowest BCUT2D eigenvalue weighted by molar-refractivity contribution is -0.140. The summed E-state index contributed by atoms with van der Waals surface area (Å²) < 4.78 is 71.4. The number of methoxy groups -OCH3 is 1. The Kier molecular flexibility index (Phi) is 10.8. The zero-order valence-corrected chi connectivity index (χ0v) is 23.1. The number of nitrogens with zero attached hydrogens (tertiary/aromatic N) is 2. The Morgan fingerprint density at radius 3 is 2.37 bits per heavy atom. The van der Waals surface area contributed by atoms with Gasteiger partial charge in [0, 0.05) is 13.1 Å². The fourth-order valence-electron chi connectivity index (χ4n) is 3.75. The van der Waals surface area contributed by atoms with E-state index < -0.39 is 51.2 Å². The number of hydrogen-bond donors (Lipinski definition) is 1. The molecule has 0 unspecified atom stereocenters. The topological polar surface area (TPSA) is 96.0 Å². The van der Waals surface area contributed by atoms with Crippen molar-refractivity contribution in [1.29, 1.82) is 0 Å². The SMILES string of the molecule is CCCNC(=O)[C@H](CC)N(Cc1cccc(OC)c1)C(=O)CN(c1ccc(Cl)c(C(F)(F)F)c1)S(C)(=O)=O. The lowest BCUT2D eigenvalue weighted by Gasteiger charge is -2.33. The lowest BCUT2D eigenvalue weighted by atomic mass is 10.1. The molecule has 0 saturated carbocycles. The average Bonchev–Trinajstić information content (AvgIpc) is 2.84. The number of nitrogens with one attached hydrogen (secondary N) is 1. The first-order valence-electron chi connectivity index (χ1n) is 11.8. The van der Waals surface area contributed by atoms with Crippen LogP contribution < -0.4 is 14.4 Å².